The van der Waals surface area contributed by atoms with Crippen molar-refractivity contribution < 1.29 is 4.42 Å². The third-order valence-electron chi connectivity index (χ3n) is 4.32. The van der Waals surface area contributed by atoms with E-state index in [4.69, 9.17) is 9.41 Å². The van der Waals surface area contributed by atoms with Crippen molar-refractivity contribution in [3.8, 4) is 0 Å². The first-order valence-electron chi connectivity index (χ1n) is 8.51. The molecule has 1 aliphatic carbocycles. The van der Waals surface area contributed by atoms with Gasteiger partial charge in [-0.2, -0.15) is 0 Å². The fraction of sp³-hybridized carbons (Fsp3) is 0.706. The molecule has 1 saturated carbocycles. The first-order chi connectivity index (χ1) is 10.7. The number of nitrogens with one attached hydrogen (secondary N) is 2. The van der Waals surface area contributed by atoms with Gasteiger partial charge >= 0.3 is 0 Å². The molecule has 1 fully saturated rings. The average Bonchev–Trinajstić information content (AvgIpc) is 2.99. The zero-order valence-electron chi connectivity index (χ0n) is 14.3. The van der Waals surface area contributed by atoms with Crippen molar-refractivity contribution in [3.05, 3.63) is 24.2 Å². The molecule has 1 aromatic heterocycles. The van der Waals surface area contributed by atoms with Crippen LogP contribution in [0.25, 0.3) is 0 Å². The summed E-state index contributed by atoms with van der Waals surface area (Å²) in [6, 6.07) is 4.76. The van der Waals surface area contributed by atoms with E-state index < -0.39 is 0 Å². The van der Waals surface area contributed by atoms with Crippen molar-refractivity contribution in [1.29, 1.82) is 0 Å². The molecule has 0 amide bonds. The van der Waals surface area contributed by atoms with Crippen molar-refractivity contribution in [2.75, 3.05) is 26.2 Å². The summed E-state index contributed by atoms with van der Waals surface area (Å²) in [4.78, 5) is 7.17. The maximum atomic E-state index is 5.63. The Kier molecular flexibility index (Phi) is 6.31. The highest BCUT2D eigenvalue weighted by Crippen LogP contribution is 2.29. The molecule has 2 rings (SSSR count). The van der Waals surface area contributed by atoms with Gasteiger partial charge in [0.2, 0.25) is 0 Å². The molecule has 0 spiro atoms. The summed E-state index contributed by atoms with van der Waals surface area (Å²) >= 11 is 0. The van der Waals surface area contributed by atoms with Gasteiger partial charge in [-0.25, -0.2) is 0 Å². The van der Waals surface area contributed by atoms with Gasteiger partial charge in [0, 0.05) is 12.6 Å². The van der Waals surface area contributed by atoms with E-state index in [1.54, 1.807) is 6.26 Å². The van der Waals surface area contributed by atoms with Crippen molar-refractivity contribution in [2.45, 2.75) is 46.2 Å². The molecule has 1 heterocycles. The Morgan fingerprint density at radius 2 is 2.14 bits per heavy atom. The van der Waals surface area contributed by atoms with Crippen molar-refractivity contribution in [2.24, 2.45) is 10.9 Å². The lowest BCUT2D eigenvalue weighted by molar-refractivity contribution is 0.198. The lowest BCUT2D eigenvalue weighted by Crippen LogP contribution is -2.40. The van der Waals surface area contributed by atoms with Crippen LogP contribution >= 0.6 is 0 Å². The second kappa shape index (κ2) is 8.22. The minimum Gasteiger partial charge on any atom is -0.468 e. The lowest BCUT2D eigenvalue weighted by atomic mass is 10.2. The third-order valence-corrected chi connectivity index (χ3v) is 4.32. The molecular formula is C17H30N4O. The van der Waals surface area contributed by atoms with E-state index in [1.165, 1.54) is 6.42 Å². The number of guanidine groups is 1. The zero-order chi connectivity index (χ0) is 15.9. The largest absolute Gasteiger partial charge is 0.468 e. The Bertz CT molecular complexity index is 453. The van der Waals surface area contributed by atoms with Gasteiger partial charge in [-0.3, -0.25) is 9.89 Å². The molecule has 0 bridgehead atoms. The predicted octanol–water partition coefficient (Wildman–Crippen LogP) is 2.63. The molecule has 5 heteroatoms. The van der Waals surface area contributed by atoms with Crippen molar-refractivity contribution in [1.82, 2.24) is 15.5 Å². The van der Waals surface area contributed by atoms with E-state index >= 15 is 0 Å². The SMILES string of the molecule is CCNC(=NCC(c1ccco1)N(CC)CC)NC1CC1C. The van der Waals surface area contributed by atoms with Gasteiger partial charge in [0.15, 0.2) is 5.96 Å². The summed E-state index contributed by atoms with van der Waals surface area (Å²) in [5.74, 6) is 2.66. The van der Waals surface area contributed by atoms with Crippen molar-refractivity contribution >= 4 is 5.96 Å². The van der Waals surface area contributed by atoms with E-state index in [-0.39, 0.29) is 6.04 Å². The van der Waals surface area contributed by atoms with Crippen LogP contribution in [0.4, 0.5) is 0 Å². The maximum Gasteiger partial charge on any atom is 0.191 e. The molecule has 0 radical (unpaired) electrons. The summed E-state index contributed by atoms with van der Waals surface area (Å²) < 4.78 is 5.63. The van der Waals surface area contributed by atoms with E-state index in [0.29, 0.717) is 12.6 Å². The highest BCUT2D eigenvalue weighted by Gasteiger charge is 2.33. The minimum atomic E-state index is 0.192. The van der Waals surface area contributed by atoms with Crippen LogP contribution < -0.4 is 10.6 Å². The lowest BCUT2D eigenvalue weighted by Gasteiger charge is -2.27. The van der Waals surface area contributed by atoms with E-state index in [9.17, 15) is 0 Å². The molecule has 0 saturated heterocycles. The standard InChI is InChI=1S/C17H30N4O/c1-5-18-17(20-14-11-13(14)4)19-12-15(21(6-2)7-3)16-9-8-10-22-16/h8-10,13-15H,5-7,11-12H2,1-4H3,(H2,18,19,20). The van der Waals surface area contributed by atoms with Crippen LogP contribution in [0.5, 0.6) is 0 Å². The summed E-state index contributed by atoms with van der Waals surface area (Å²) in [6.07, 6.45) is 2.98. The first-order valence-corrected chi connectivity index (χ1v) is 8.51. The Hall–Kier alpha value is -1.49. The molecular weight excluding hydrogens is 276 g/mol. The minimum absolute atomic E-state index is 0.192. The number of hydrogen-bond donors (Lipinski definition) is 2. The smallest absolute Gasteiger partial charge is 0.191 e. The van der Waals surface area contributed by atoms with Gasteiger partial charge in [-0.05, 0) is 44.5 Å². The molecule has 22 heavy (non-hydrogen) atoms. The normalized spacial score (nSPS) is 22.7. The second-order valence-electron chi connectivity index (χ2n) is 5.94. The van der Waals surface area contributed by atoms with Crippen LogP contribution in [0.15, 0.2) is 27.8 Å². The van der Waals surface area contributed by atoms with Crippen LogP contribution in [0, 0.1) is 5.92 Å². The van der Waals surface area contributed by atoms with Crippen LogP contribution in [0.2, 0.25) is 0 Å². The van der Waals surface area contributed by atoms with Crippen LogP contribution in [-0.2, 0) is 0 Å². The van der Waals surface area contributed by atoms with Gasteiger partial charge in [0.1, 0.15) is 5.76 Å². The van der Waals surface area contributed by atoms with E-state index in [0.717, 1.165) is 37.3 Å². The fourth-order valence-corrected chi connectivity index (χ4v) is 2.73. The van der Waals surface area contributed by atoms with Crippen molar-refractivity contribution in [3.63, 3.8) is 0 Å². The van der Waals surface area contributed by atoms with Gasteiger partial charge in [-0.15, -0.1) is 0 Å². The molecule has 3 unspecified atom stereocenters. The summed E-state index contributed by atoms with van der Waals surface area (Å²) in [7, 11) is 0. The number of furan rings is 1. The molecule has 0 aromatic carbocycles. The van der Waals surface area contributed by atoms with Gasteiger partial charge in [0.25, 0.3) is 0 Å². The highest BCUT2D eigenvalue weighted by atomic mass is 16.3. The maximum absolute atomic E-state index is 5.63. The quantitative estimate of drug-likeness (QED) is 0.573. The molecule has 1 aliphatic rings. The van der Waals surface area contributed by atoms with Gasteiger partial charge < -0.3 is 15.1 Å². The summed E-state index contributed by atoms with van der Waals surface area (Å²) in [5.41, 5.74) is 0. The fourth-order valence-electron chi connectivity index (χ4n) is 2.73. The summed E-state index contributed by atoms with van der Waals surface area (Å²) in [5, 5.41) is 6.85. The van der Waals surface area contributed by atoms with E-state index in [1.807, 2.05) is 12.1 Å². The third kappa shape index (κ3) is 4.50. The first kappa shape index (κ1) is 16.9. The second-order valence-corrected chi connectivity index (χ2v) is 5.94. The average molecular weight is 306 g/mol. The van der Waals surface area contributed by atoms with Gasteiger partial charge in [-0.1, -0.05) is 20.8 Å². The monoisotopic (exact) mass is 306 g/mol. The predicted molar refractivity (Wildman–Crippen MR) is 91.1 cm³/mol. The van der Waals surface area contributed by atoms with E-state index in [2.05, 4.69) is 43.2 Å². The molecule has 3 atom stereocenters. The molecule has 124 valence electrons. The molecule has 2 N–H and O–H groups in total. The molecule has 0 aliphatic heterocycles. The number of nitrogens with zero attached hydrogens (tertiary/aromatic N) is 2. The Labute approximate surface area is 134 Å². The molecule has 5 nitrogen and oxygen atoms in total. The van der Waals surface area contributed by atoms with Gasteiger partial charge in [0.05, 0.1) is 18.8 Å². The van der Waals surface area contributed by atoms with Crippen LogP contribution in [0.1, 0.15) is 45.9 Å². The van der Waals surface area contributed by atoms with Crippen LogP contribution in [-0.4, -0.2) is 43.1 Å². The Balaban J connectivity index is 2.05. The zero-order valence-corrected chi connectivity index (χ0v) is 14.3. The molecule has 1 aromatic rings. The topological polar surface area (TPSA) is 52.8 Å². The summed E-state index contributed by atoms with van der Waals surface area (Å²) in [6.45, 7) is 12.3. The number of likely N-dealkylation sites (N-methyl/N-ethyl adjacent to an activating group) is 1. The Morgan fingerprint density at radius 1 is 1.41 bits per heavy atom. The number of rotatable bonds is 8. The Morgan fingerprint density at radius 3 is 2.64 bits per heavy atom. The van der Waals surface area contributed by atoms with Crippen LogP contribution in [0.3, 0.4) is 0 Å². The highest BCUT2D eigenvalue weighted by molar-refractivity contribution is 5.80. The number of hydrogen-bond acceptors (Lipinski definition) is 3. The number of aliphatic imine (C=N–C) groups is 1.